The zero-order valence-electron chi connectivity index (χ0n) is 12.2. The topological polar surface area (TPSA) is 57.8 Å². The highest BCUT2D eigenvalue weighted by molar-refractivity contribution is 8.01. The number of rotatable bonds is 5. The molecule has 3 heterocycles. The maximum Gasteiger partial charge on any atom is 0.253 e. The number of thioether (sulfide) groups is 1. The largest absolute Gasteiger partial charge is 0.352 e. The molecule has 3 rings (SSSR count). The van der Waals surface area contributed by atoms with Crippen molar-refractivity contribution in [3.05, 3.63) is 23.4 Å². The monoisotopic (exact) mass is 321 g/mol. The van der Waals surface area contributed by atoms with E-state index in [2.05, 4.69) is 29.4 Å². The Hall–Kier alpha value is -1.27. The molecule has 1 atom stereocenters. The van der Waals surface area contributed by atoms with Crippen molar-refractivity contribution < 1.29 is 4.79 Å². The second kappa shape index (κ2) is 6.23. The predicted octanol–water partition coefficient (Wildman–Crippen LogP) is 3.56. The number of amides is 1. The van der Waals surface area contributed by atoms with Gasteiger partial charge in [0, 0.05) is 18.5 Å². The van der Waals surface area contributed by atoms with E-state index in [0.717, 1.165) is 34.2 Å². The summed E-state index contributed by atoms with van der Waals surface area (Å²) in [5.74, 6) is 1.79. The third-order valence-corrected chi connectivity index (χ3v) is 6.67. The molecule has 4 nitrogen and oxygen atoms in total. The van der Waals surface area contributed by atoms with Gasteiger partial charge in [-0.3, -0.25) is 9.89 Å². The summed E-state index contributed by atoms with van der Waals surface area (Å²) in [5.41, 5.74) is 3.09. The lowest BCUT2D eigenvalue weighted by atomic mass is 10.0. The fraction of sp³-hybridized carbons (Fsp3) is 0.467. The Labute approximate surface area is 132 Å². The second-order valence-corrected chi connectivity index (χ2v) is 7.68. The Morgan fingerprint density at radius 3 is 3.10 bits per heavy atom. The van der Waals surface area contributed by atoms with Crippen molar-refractivity contribution in [1.29, 1.82) is 0 Å². The predicted molar refractivity (Wildman–Crippen MR) is 88.1 cm³/mol. The van der Waals surface area contributed by atoms with Crippen molar-refractivity contribution in [3.8, 4) is 10.6 Å². The molecular weight excluding hydrogens is 302 g/mol. The van der Waals surface area contributed by atoms with Crippen LogP contribution in [0.2, 0.25) is 0 Å². The van der Waals surface area contributed by atoms with Crippen LogP contribution in [0.15, 0.2) is 16.5 Å². The quantitative estimate of drug-likeness (QED) is 0.828. The molecule has 1 amide bonds. The van der Waals surface area contributed by atoms with Crippen molar-refractivity contribution in [3.63, 3.8) is 0 Å². The van der Waals surface area contributed by atoms with Gasteiger partial charge in [0.2, 0.25) is 0 Å². The molecule has 0 bridgehead atoms. The van der Waals surface area contributed by atoms with Gasteiger partial charge in [-0.25, -0.2) is 0 Å². The van der Waals surface area contributed by atoms with E-state index in [1.165, 1.54) is 16.9 Å². The summed E-state index contributed by atoms with van der Waals surface area (Å²) < 4.78 is 1.15. The highest BCUT2D eigenvalue weighted by Crippen LogP contribution is 2.43. The number of hydrogen-bond acceptors (Lipinski definition) is 4. The molecule has 0 radical (unpaired) electrons. The lowest BCUT2D eigenvalue weighted by Gasteiger charge is -2.15. The number of nitrogens with zero attached hydrogens (tertiary/aromatic N) is 1. The summed E-state index contributed by atoms with van der Waals surface area (Å²) in [4.78, 5) is 13.4. The summed E-state index contributed by atoms with van der Waals surface area (Å²) in [6.07, 6.45) is 3.83. The Morgan fingerprint density at radius 2 is 2.38 bits per heavy atom. The van der Waals surface area contributed by atoms with Gasteiger partial charge in [0.25, 0.3) is 5.91 Å². The molecule has 1 aliphatic rings. The number of aromatic amines is 1. The molecule has 0 aromatic carbocycles. The first kappa shape index (κ1) is 14.7. The molecule has 1 aliphatic heterocycles. The van der Waals surface area contributed by atoms with Crippen LogP contribution in [0.4, 0.5) is 0 Å². The first-order chi connectivity index (χ1) is 10.2. The number of carbonyl (C=O) groups excluding carboxylic acids is 1. The standard InChI is InChI=1S/C15H19N3OS2/c1-3-9(2)8-20-15-12-10(4-6-16-14(12)19)13(21-15)11-5-7-17-18-11/h5,7,9H,3-4,6,8H2,1-2H3,(H,16,19)(H,17,18). The minimum atomic E-state index is 0.0740. The van der Waals surface area contributed by atoms with Crippen molar-refractivity contribution in [2.24, 2.45) is 5.92 Å². The lowest BCUT2D eigenvalue weighted by Crippen LogP contribution is -2.31. The number of carbonyl (C=O) groups is 1. The normalized spacial score (nSPS) is 15.6. The average Bonchev–Trinajstić information content (AvgIpc) is 3.12. The van der Waals surface area contributed by atoms with Crippen LogP contribution in [0, 0.1) is 5.92 Å². The van der Waals surface area contributed by atoms with E-state index < -0.39 is 0 Å². The van der Waals surface area contributed by atoms with E-state index in [1.54, 1.807) is 17.5 Å². The average molecular weight is 321 g/mol. The number of H-pyrrole nitrogens is 1. The van der Waals surface area contributed by atoms with E-state index in [0.29, 0.717) is 5.92 Å². The van der Waals surface area contributed by atoms with Crippen LogP contribution in [0.1, 0.15) is 36.2 Å². The fourth-order valence-corrected chi connectivity index (χ4v) is 5.11. The SMILES string of the molecule is CCC(C)CSc1sc(-c2ccn[nH]2)c2c1C(=O)NCC2. The van der Waals surface area contributed by atoms with Crippen LogP contribution >= 0.6 is 23.1 Å². The Morgan fingerprint density at radius 1 is 1.52 bits per heavy atom. The highest BCUT2D eigenvalue weighted by atomic mass is 32.2. The smallest absolute Gasteiger partial charge is 0.253 e. The van der Waals surface area contributed by atoms with Gasteiger partial charge in [-0.2, -0.15) is 5.10 Å². The first-order valence-electron chi connectivity index (χ1n) is 7.27. The van der Waals surface area contributed by atoms with Crippen LogP contribution in [0.5, 0.6) is 0 Å². The number of hydrogen-bond donors (Lipinski definition) is 2. The number of fused-ring (bicyclic) bond motifs is 1. The van der Waals surface area contributed by atoms with Gasteiger partial charge in [0.05, 0.1) is 20.3 Å². The zero-order chi connectivity index (χ0) is 14.8. The number of aromatic nitrogens is 2. The van der Waals surface area contributed by atoms with E-state index in [1.807, 2.05) is 17.8 Å². The third-order valence-electron chi connectivity index (χ3n) is 3.80. The first-order valence-corrected chi connectivity index (χ1v) is 9.07. The van der Waals surface area contributed by atoms with Crippen LogP contribution in [-0.4, -0.2) is 28.4 Å². The van der Waals surface area contributed by atoms with Gasteiger partial charge in [0.1, 0.15) is 0 Å². The molecule has 0 aliphatic carbocycles. The highest BCUT2D eigenvalue weighted by Gasteiger charge is 2.28. The van der Waals surface area contributed by atoms with Gasteiger partial charge in [0.15, 0.2) is 0 Å². The van der Waals surface area contributed by atoms with Gasteiger partial charge < -0.3 is 5.32 Å². The minimum absolute atomic E-state index is 0.0740. The molecule has 0 saturated heterocycles. The Kier molecular flexibility index (Phi) is 4.35. The van der Waals surface area contributed by atoms with E-state index in [4.69, 9.17) is 0 Å². The van der Waals surface area contributed by atoms with Crippen LogP contribution in [-0.2, 0) is 6.42 Å². The molecule has 2 aromatic rings. The molecule has 1 unspecified atom stereocenters. The molecule has 21 heavy (non-hydrogen) atoms. The van der Waals surface area contributed by atoms with E-state index in [9.17, 15) is 4.79 Å². The van der Waals surface area contributed by atoms with Crippen molar-refractivity contribution >= 4 is 29.0 Å². The number of nitrogens with one attached hydrogen (secondary N) is 2. The second-order valence-electron chi connectivity index (χ2n) is 5.37. The lowest BCUT2D eigenvalue weighted by molar-refractivity contribution is 0.0944. The maximum atomic E-state index is 12.3. The van der Waals surface area contributed by atoms with Crippen molar-refractivity contribution in [2.75, 3.05) is 12.3 Å². The van der Waals surface area contributed by atoms with Crippen LogP contribution in [0.25, 0.3) is 10.6 Å². The van der Waals surface area contributed by atoms with E-state index in [-0.39, 0.29) is 5.91 Å². The molecular formula is C15H19N3OS2. The van der Waals surface area contributed by atoms with Gasteiger partial charge >= 0.3 is 0 Å². The van der Waals surface area contributed by atoms with E-state index >= 15 is 0 Å². The van der Waals surface area contributed by atoms with Crippen molar-refractivity contribution in [2.45, 2.75) is 30.9 Å². The molecule has 0 spiro atoms. The zero-order valence-corrected chi connectivity index (χ0v) is 13.9. The molecule has 2 aromatic heterocycles. The molecule has 0 fully saturated rings. The number of thiophene rings is 1. The Bertz CT molecular complexity index is 634. The van der Waals surface area contributed by atoms with Gasteiger partial charge in [-0.1, -0.05) is 20.3 Å². The van der Waals surface area contributed by atoms with Gasteiger partial charge in [-0.15, -0.1) is 23.1 Å². The summed E-state index contributed by atoms with van der Waals surface area (Å²) in [6, 6.07) is 1.97. The van der Waals surface area contributed by atoms with Gasteiger partial charge in [-0.05, 0) is 24.0 Å². The minimum Gasteiger partial charge on any atom is -0.352 e. The molecule has 6 heteroatoms. The maximum absolute atomic E-state index is 12.3. The van der Waals surface area contributed by atoms with Crippen LogP contribution in [0.3, 0.4) is 0 Å². The van der Waals surface area contributed by atoms with Crippen molar-refractivity contribution in [1.82, 2.24) is 15.5 Å². The molecule has 0 saturated carbocycles. The summed E-state index contributed by atoms with van der Waals surface area (Å²) in [6.45, 7) is 5.18. The van der Waals surface area contributed by atoms with Crippen LogP contribution < -0.4 is 5.32 Å². The summed E-state index contributed by atoms with van der Waals surface area (Å²) >= 11 is 3.53. The fourth-order valence-electron chi connectivity index (χ4n) is 2.34. The summed E-state index contributed by atoms with van der Waals surface area (Å²) in [5, 5.41) is 10.0. The Balaban J connectivity index is 1.98. The third kappa shape index (κ3) is 2.87. The molecule has 112 valence electrons. The molecule has 2 N–H and O–H groups in total. The summed E-state index contributed by atoms with van der Waals surface area (Å²) in [7, 11) is 0.